The lowest BCUT2D eigenvalue weighted by Crippen LogP contribution is -3.14. The van der Waals surface area contributed by atoms with Crippen LogP contribution in [0.15, 0.2) is 35.5 Å². The third-order valence-electron chi connectivity index (χ3n) is 5.42. The zero-order valence-corrected chi connectivity index (χ0v) is 16.7. The molecular weight excluding hydrogens is 358 g/mol. The van der Waals surface area contributed by atoms with Gasteiger partial charge in [0.1, 0.15) is 5.82 Å². The number of hydrogen-bond donors (Lipinski definition) is 2. The van der Waals surface area contributed by atoms with Gasteiger partial charge in [-0.2, -0.15) is 0 Å². The average molecular weight is 387 g/mol. The summed E-state index contributed by atoms with van der Waals surface area (Å²) in [7, 11) is 2.07. The van der Waals surface area contributed by atoms with Gasteiger partial charge in [-0.05, 0) is 31.2 Å². The molecule has 1 aromatic heterocycles. The fourth-order valence-electron chi connectivity index (χ4n) is 3.79. The van der Waals surface area contributed by atoms with E-state index in [0.29, 0.717) is 18.5 Å². The first-order valence-electron chi connectivity index (χ1n) is 9.88. The van der Waals surface area contributed by atoms with E-state index in [1.807, 2.05) is 6.07 Å². The van der Waals surface area contributed by atoms with Crippen LogP contribution >= 0.6 is 11.8 Å². The van der Waals surface area contributed by atoms with Crippen molar-refractivity contribution in [2.24, 2.45) is 7.05 Å². The summed E-state index contributed by atoms with van der Waals surface area (Å²) in [5.41, 5.74) is 1.29. The van der Waals surface area contributed by atoms with Crippen molar-refractivity contribution in [3.63, 3.8) is 0 Å². The number of aromatic nitrogens is 3. The third-order valence-corrected chi connectivity index (χ3v) is 6.51. The van der Waals surface area contributed by atoms with E-state index in [0.717, 1.165) is 55.5 Å². The van der Waals surface area contributed by atoms with Gasteiger partial charge >= 0.3 is 0 Å². The quantitative estimate of drug-likeness (QED) is 0.701. The highest BCUT2D eigenvalue weighted by molar-refractivity contribution is 7.98. The number of likely N-dealkylation sites (tertiary alicyclic amines) is 1. The maximum Gasteiger partial charge on any atom is 0.275 e. The van der Waals surface area contributed by atoms with Crippen LogP contribution in [0, 0.1) is 0 Å². The van der Waals surface area contributed by atoms with Gasteiger partial charge in [-0.3, -0.25) is 4.79 Å². The molecule has 2 heterocycles. The Kier molecular flexibility index (Phi) is 5.78. The SMILES string of the molecule is Cn1c(SCc2ccccc2)nnc1[C@@H]1CCC[NH+](CC(=O)NC2CC2)C1. The predicted octanol–water partition coefficient (Wildman–Crippen LogP) is 1.15. The Morgan fingerprint density at radius 3 is 2.85 bits per heavy atom. The molecule has 1 aliphatic carbocycles. The van der Waals surface area contributed by atoms with E-state index >= 15 is 0 Å². The molecule has 0 radical (unpaired) electrons. The molecule has 2 N–H and O–H groups in total. The van der Waals surface area contributed by atoms with Gasteiger partial charge in [0.25, 0.3) is 5.91 Å². The molecule has 0 spiro atoms. The molecule has 1 aromatic carbocycles. The van der Waals surface area contributed by atoms with Crippen molar-refractivity contribution >= 4 is 17.7 Å². The summed E-state index contributed by atoms with van der Waals surface area (Å²) in [5, 5.41) is 13.0. The monoisotopic (exact) mass is 386 g/mol. The maximum absolute atomic E-state index is 12.1. The van der Waals surface area contributed by atoms with E-state index in [-0.39, 0.29) is 5.91 Å². The van der Waals surface area contributed by atoms with Crippen molar-refractivity contribution in [2.75, 3.05) is 19.6 Å². The molecule has 2 atom stereocenters. The normalized spacial score (nSPS) is 22.6. The van der Waals surface area contributed by atoms with E-state index in [9.17, 15) is 4.79 Å². The van der Waals surface area contributed by atoms with Crippen LogP contribution in [-0.2, 0) is 17.6 Å². The lowest BCUT2D eigenvalue weighted by molar-refractivity contribution is -0.898. The Bertz CT molecular complexity index is 774. The van der Waals surface area contributed by atoms with Crippen molar-refractivity contribution in [1.29, 1.82) is 0 Å². The highest BCUT2D eigenvalue weighted by Gasteiger charge is 2.31. The fourth-order valence-corrected chi connectivity index (χ4v) is 4.67. The number of carbonyl (C=O) groups excluding carboxylic acids is 1. The molecule has 1 saturated heterocycles. The topological polar surface area (TPSA) is 64.2 Å². The number of benzene rings is 1. The molecule has 144 valence electrons. The zero-order valence-electron chi connectivity index (χ0n) is 15.9. The second kappa shape index (κ2) is 8.44. The standard InChI is InChI=1S/C20H27N5OS/c1-24-19(22-23-20(24)27-14-15-6-3-2-4-7-15)16-8-5-11-25(12-16)13-18(26)21-17-9-10-17/h2-4,6-7,16-17H,5,8-14H2,1H3,(H,21,26)/p+1/t16-/m1/s1. The summed E-state index contributed by atoms with van der Waals surface area (Å²) < 4.78 is 2.14. The highest BCUT2D eigenvalue weighted by atomic mass is 32.2. The molecule has 1 aliphatic heterocycles. The number of piperidine rings is 1. The zero-order chi connectivity index (χ0) is 18.6. The highest BCUT2D eigenvalue weighted by Crippen LogP contribution is 2.26. The largest absolute Gasteiger partial charge is 0.348 e. The van der Waals surface area contributed by atoms with Crippen molar-refractivity contribution in [3.05, 3.63) is 41.7 Å². The van der Waals surface area contributed by atoms with Gasteiger partial charge in [0.05, 0.1) is 19.0 Å². The summed E-state index contributed by atoms with van der Waals surface area (Å²) in [4.78, 5) is 13.5. The molecule has 2 aliphatic rings. The summed E-state index contributed by atoms with van der Waals surface area (Å²) in [6.45, 7) is 2.62. The van der Waals surface area contributed by atoms with Crippen LogP contribution in [-0.4, -0.2) is 46.3 Å². The molecule has 1 saturated carbocycles. The summed E-state index contributed by atoms with van der Waals surface area (Å²) in [6.07, 6.45) is 4.55. The minimum absolute atomic E-state index is 0.199. The first-order valence-corrected chi connectivity index (χ1v) is 10.9. The number of nitrogens with one attached hydrogen (secondary N) is 2. The molecule has 1 amide bonds. The molecular formula is C20H28N5OS+. The number of carbonyl (C=O) groups is 1. The van der Waals surface area contributed by atoms with Crippen molar-refractivity contribution in [2.45, 2.75) is 48.6 Å². The molecule has 1 unspecified atom stereocenters. The Hall–Kier alpha value is -1.86. The van der Waals surface area contributed by atoms with Gasteiger partial charge in [-0.15, -0.1) is 10.2 Å². The van der Waals surface area contributed by atoms with E-state index in [4.69, 9.17) is 0 Å². The van der Waals surface area contributed by atoms with Gasteiger partial charge in [-0.25, -0.2) is 0 Å². The van der Waals surface area contributed by atoms with Crippen LogP contribution < -0.4 is 10.2 Å². The Morgan fingerprint density at radius 1 is 1.26 bits per heavy atom. The lowest BCUT2D eigenvalue weighted by atomic mass is 9.97. The van der Waals surface area contributed by atoms with Crippen molar-refractivity contribution < 1.29 is 9.69 Å². The minimum Gasteiger partial charge on any atom is -0.348 e. The summed E-state index contributed by atoms with van der Waals surface area (Å²) in [6, 6.07) is 10.9. The predicted molar refractivity (Wildman–Crippen MR) is 106 cm³/mol. The minimum atomic E-state index is 0.199. The summed E-state index contributed by atoms with van der Waals surface area (Å²) in [5.74, 6) is 2.54. The van der Waals surface area contributed by atoms with Crippen LogP contribution in [0.3, 0.4) is 0 Å². The van der Waals surface area contributed by atoms with E-state index < -0.39 is 0 Å². The van der Waals surface area contributed by atoms with Gasteiger partial charge < -0.3 is 14.8 Å². The van der Waals surface area contributed by atoms with Crippen LogP contribution in [0.5, 0.6) is 0 Å². The van der Waals surface area contributed by atoms with E-state index in [1.165, 1.54) is 10.5 Å². The van der Waals surface area contributed by atoms with Crippen LogP contribution in [0.25, 0.3) is 0 Å². The smallest absolute Gasteiger partial charge is 0.275 e. The Labute approximate surface area is 164 Å². The van der Waals surface area contributed by atoms with Crippen LogP contribution in [0.4, 0.5) is 0 Å². The number of hydrogen-bond acceptors (Lipinski definition) is 4. The molecule has 7 heteroatoms. The number of thioether (sulfide) groups is 1. The molecule has 6 nitrogen and oxygen atoms in total. The molecule has 2 aromatic rings. The van der Waals surface area contributed by atoms with Crippen molar-refractivity contribution in [3.8, 4) is 0 Å². The molecule has 0 bridgehead atoms. The number of amides is 1. The first kappa shape index (κ1) is 18.5. The van der Waals surface area contributed by atoms with Gasteiger partial charge in [0.2, 0.25) is 0 Å². The second-order valence-corrected chi connectivity index (χ2v) is 8.68. The van der Waals surface area contributed by atoms with E-state index in [1.54, 1.807) is 11.8 Å². The van der Waals surface area contributed by atoms with Crippen LogP contribution in [0.2, 0.25) is 0 Å². The molecule has 27 heavy (non-hydrogen) atoms. The Morgan fingerprint density at radius 2 is 2.07 bits per heavy atom. The van der Waals surface area contributed by atoms with Gasteiger partial charge in [0.15, 0.2) is 11.7 Å². The number of nitrogens with zero attached hydrogens (tertiary/aromatic N) is 3. The first-order chi connectivity index (χ1) is 13.2. The maximum atomic E-state index is 12.1. The summed E-state index contributed by atoms with van der Waals surface area (Å²) >= 11 is 1.73. The van der Waals surface area contributed by atoms with Gasteiger partial charge in [0, 0.05) is 18.8 Å². The number of quaternary nitrogens is 1. The molecule has 4 rings (SSSR count). The number of rotatable bonds is 7. The fraction of sp³-hybridized carbons (Fsp3) is 0.550. The second-order valence-electron chi connectivity index (χ2n) is 7.74. The van der Waals surface area contributed by atoms with Crippen molar-refractivity contribution in [1.82, 2.24) is 20.1 Å². The Balaban J connectivity index is 1.34. The van der Waals surface area contributed by atoms with Gasteiger partial charge in [-0.1, -0.05) is 42.1 Å². The van der Waals surface area contributed by atoms with E-state index in [2.05, 4.69) is 51.4 Å². The third kappa shape index (κ3) is 4.90. The van der Waals surface area contributed by atoms with Crippen LogP contribution in [0.1, 0.15) is 43.0 Å². The average Bonchev–Trinajstić information content (AvgIpc) is 3.41. The lowest BCUT2D eigenvalue weighted by Gasteiger charge is -2.28. The molecule has 2 fully saturated rings.